The third-order valence-electron chi connectivity index (χ3n) is 2.54. The fourth-order valence-electron chi connectivity index (χ4n) is 1.40. The minimum absolute atomic E-state index is 0.0652. The van der Waals surface area contributed by atoms with Crippen molar-refractivity contribution < 1.29 is 9.59 Å². The van der Waals surface area contributed by atoms with Gasteiger partial charge in [-0.2, -0.15) is 0 Å². The van der Waals surface area contributed by atoms with Crippen LogP contribution in [0.1, 0.15) is 23.0 Å². The molecule has 2 N–H and O–H groups in total. The van der Waals surface area contributed by atoms with Crippen molar-refractivity contribution in [3.05, 3.63) is 20.8 Å². The van der Waals surface area contributed by atoms with Gasteiger partial charge in [0.25, 0.3) is 5.91 Å². The molecular formula is C10H11BrN2O2S. The molecule has 0 aliphatic heterocycles. The molecule has 0 bridgehead atoms. The fraction of sp³-hybridized carbons (Fsp3) is 0.400. The van der Waals surface area contributed by atoms with Crippen LogP contribution < -0.4 is 10.9 Å². The lowest BCUT2D eigenvalue weighted by Gasteiger charge is -2.04. The molecule has 16 heavy (non-hydrogen) atoms. The minimum Gasteiger partial charge on any atom is -0.273 e. The van der Waals surface area contributed by atoms with Crippen molar-refractivity contribution >= 4 is 39.1 Å². The smallest absolute Gasteiger partial charge is 0.273 e. The molecule has 1 aliphatic carbocycles. The molecule has 1 fully saturated rings. The Kier molecular flexibility index (Phi) is 3.30. The minimum atomic E-state index is -0.280. The van der Waals surface area contributed by atoms with Crippen LogP contribution in [0.3, 0.4) is 0 Å². The van der Waals surface area contributed by atoms with Crippen LogP contribution >= 0.6 is 27.3 Å². The summed E-state index contributed by atoms with van der Waals surface area (Å²) in [5.74, 6) is 0.122. The van der Waals surface area contributed by atoms with Gasteiger partial charge in [0, 0.05) is 5.92 Å². The highest BCUT2D eigenvalue weighted by Crippen LogP contribution is 2.37. The van der Waals surface area contributed by atoms with E-state index in [1.54, 1.807) is 12.1 Å². The lowest BCUT2D eigenvalue weighted by atomic mass is 10.3. The number of thiophene rings is 1. The Morgan fingerprint density at radius 1 is 1.44 bits per heavy atom. The number of amides is 2. The van der Waals surface area contributed by atoms with Crippen LogP contribution in [-0.2, 0) is 4.79 Å². The second kappa shape index (κ2) is 4.55. The molecule has 0 unspecified atom stereocenters. The van der Waals surface area contributed by atoms with Gasteiger partial charge in [-0.05, 0) is 40.4 Å². The Labute approximate surface area is 106 Å². The molecule has 0 aromatic carbocycles. The summed E-state index contributed by atoms with van der Waals surface area (Å²) < 4.78 is 0.889. The molecule has 4 nitrogen and oxygen atoms in total. The zero-order chi connectivity index (χ0) is 11.7. The first-order valence-electron chi connectivity index (χ1n) is 4.93. The van der Waals surface area contributed by atoms with Crippen molar-refractivity contribution in [2.24, 2.45) is 11.8 Å². The zero-order valence-electron chi connectivity index (χ0n) is 8.62. The number of hydrogen-bond acceptors (Lipinski definition) is 3. The molecule has 2 amide bonds. The van der Waals surface area contributed by atoms with Crippen molar-refractivity contribution in [2.75, 3.05) is 0 Å². The summed E-state index contributed by atoms with van der Waals surface area (Å²) in [5, 5.41) is 0. The Balaban J connectivity index is 1.82. The highest BCUT2D eigenvalue weighted by molar-refractivity contribution is 9.11. The molecule has 0 saturated heterocycles. The van der Waals surface area contributed by atoms with E-state index in [2.05, 4.69) is 26.8 Å². The summed E-state index contributed by atoms with van der Waals surface area (Å²) in [6.07, 6.45) is 0.909. The summed E-state index contributed by atoms with van der Waals surface area (Å²) in [5.41, 5.74) is 4.84. The molecule has 2 rings (SSSR count). The van der Waals surface area contributed by atoms with E-state index in [0.717, 1.165) is 10.2 Å². The van der Waals surface area contributed by atoms with Crippen LogP contribution in [0.4, 0.5) is 0 Å². The van der Waals surface area contributed by atoms with Crippen molar-refractivity contribution in [1.29, 1.82) is 0 Å². The van der Waals surface area contributed by atoms with E-state index in [-0.39, 0.29) is 17.7 Å². The van der Waals surface area contributed by atoms with E-state index in [0.29, 0.717) is 10.8 Å². The van der Waals surface area contributed by atoms with Gasteiger partial charge in [-0.1, -0.05) is 6.92 Å². The summed E-state index contributed by atoms with van der Waals surface area (Å²) in [6, 6.07) is 3.50. The Morgan fingerprint density at radius 3 is 2.62 bits per heavy atom. The Morgan fingerprint density at radius 2 is 2.12 bits per heavy atom. The number of hydrazine groups is 1. The molecule has 1 aliphatic rings. The number of nitrogens with one attached hydrogen (secondary N) is 2. The second-order valence-corrected chi connectivity index (χ2v) is 6.33. The van der Waals surface area contributed by atoms with Crippen LogP contribution in [0.5, 0.6) is 0 Å². The molecule has 1 heterocycles. The molecule has 6 heteroatoms. The SMILES string of the molecule is C[C@@H]1C[C@@H]1C(=O)NNC(=O)c1ccc(Br)s1. The van der Waals surface area contributed by atoms with E-state index >= 15 is 0 Å². The zero-order valence-corrected chi connectivity index (χ0v) is 11.0. The average molecular weight is 303 g/mol. The van der Waals surface area contributed by atoms with Crippen LogP contribution in [0.15, 0.2) is 15.9 Å². The van der Waals surface area contributed by atoms with Crippen LogP contribution in [0, 0.1) is 11.8 Å². The monoisotopic (exact) mass is 302 g/mol. The van der Waals surface area contributed by atoms with Gasteiger partial charge in [0.05, 0.1) is 8.66 Å². The average Bonchev–Trinajstić information content (AvgIpc) is 2.81. The molecular weight excluding hydrogens is 292 g/mol. The first kappa shape index (κ1) is 11.6. The summed E-state index contributed by atoms with van der Waals surface area (Å²) in [6.45, 7) is 2.02. The lowest BCUT2D eigenvalue weighted by molar-refractivity contribution is -0.123. The number of carbonyl (C=O) groups excluding carboxylic acids is 2. The van der Waals surface area contributed by atoms with Crippen LogP contribution in [0.2, 0.25) is 0 Å². The summed E-state index contributed by atoms with van der Waals surface area (Å²) in [7, 11) is 0. The molecule has 86 valence electrons. The van der Waals surface area contributed by atoms with E-state index in [4.69, 9.17) is 0 Å². The fourth-order valence-corrected chi connectivity index (χ4v) is 2.68. The van der Waals surface area contributed by atoms with Crippen LogP contribution in [-0.4, -0.2) is 11.8 Å². The van der Waals surface area contributed by atoms with Gasteiger partial charge in [-0.25, -0.2) is 0 Å². The molecule has 0 spiro atoms. The molecule has 1 aromatic rings. The normalized spacial score (nSPS) is 22.6. The highest BCUT2D eigenvalue weighted by Gasteiger charge is 2.39. The summed E-state index contributed by atoms with van der Waals surface area (Å²) in [4.78, 5) is 23.5. The predicted molar refractivity (Wildman–Crippen MR) is 64.9 cm³/mol. The van der Waals surface area contributed by atoms with Gasteiger partial charge in [0.2, 0.25) is 5.91 Å². The third-order valence-corrected chi connectivity index (χ3v) is 4.16. The third kappa shape index (κ3) is 2.62. The topological polar surface area (TPSA) is 58.2 Å². The summed E-state index contributed by atoms with van der Waals surface area (Å²) >= 11 is 4.60. The molecule has 0 radical (unpaired) electrons. The van der Waals surface area contributed by atoms with Gasteiger partial charge < -0.3 is 0 Å². The quantitative estimate of drug-likeness (QED) is 0.820. The number of halogens is 1. The second-order valence-electron chi connectivity index (χ2n) is 3.87. The molecule has 1 aromatic heterocycles. The van der Waals surface area contributed by atoms with Gasteiger partial charge >= 0.3 is 0 Å². The standard InChI is InChI=1S/C10H11BrN2O2S/c1-5-4-6(5)9(14)12-13-10(15)7-2-3-8(11)16-7/h2-3,5-6H,4H2,1H3,(H,12,14)(H,13,15)/t5-,6+/m1/s1. The van der Waals surface area contributed by atoms with E-state index < -0.39 is 0 Å². The lowest BCUT2D eigenvalue weighted by Crippen LogP contribution is -2.42. The van der Waals surface area contributed by atoms with Crippen molar-refractivity contribution in [3.63, 3.8) is 0 Å². The van der Waals surface area contributed by atoms with Crippen molar-refractivity contribution in [2.45, 2.75) is 13.3 Å². The highest BCUT2D eigenvalue weighted by atomic mass is 79.9. The van der Waals surface area contributed by atoms with Crippen molar-refractivity contribution in [3.8, 4) is 0 Å². The van der Waals surface area contributed by atoms with Gasteiger partial charge in [0.15, 0.2) is 0 Å². The van der Waals surface area contributed by atoms with Gasteiger partial charge in [-0.15, -0.1) is 11.3 Å². The maximum Gasteiger partial charge on any atom is 0.279 e. The maximum absolute atomic E-state index is 11.6. The number of carbonyl (C=O) groups is 2. The first-order valence-corrected chi connectivity index (χ1v) is 6.54. The molecule has 2 atom stereocenters. The van der Waals surface area contributed by atoms with Gasteiger partial charge in [-0.3, -0.25) is 20.4 Å². The Bertz CT molecular complexity index is 432. The van der Waals surface area contributed by atoms with E-state index in [1.807, 2.05) is 6.92 Å². The Hall–Kier alpha value is -0.880. The largest absolute Gasteiger partial charge is 0.279 e. The number of rotatable bonds is 2. The predicted octanol–water partition coefficient (Wildman–Crippen LogP) is 1.93. The van der Waals surface area contributed by atoms with Gasteiger partial charge in [0.1, 0.15) is 0 Å². The van der Waals surface area contributed by atoms with E-state index in [1.165, 1.54) is 11.3 Å². The first-order chi connectivity index (χ1) is 7.58. The van der Waals surface area contributed by atoms with Crippen molar-refractivity contribution in [1.82, 2.24) is 10.9 Å². The molecule has 1 saturated carbocycles. The maximum atomic E-state index is 11.6. The van der Waals surface area contributed by atoms with E-state index in [9.17, 15) is 9.59 Å². The van der Waals surface area contributed by atoms with Crippen LogP contribution in [0.25, 0.3) is 0 Å². The number of hydrogen-bond donors (Lipinski definition) is 2.